The van der Waals surface area contributed by atoms with Crippen LogP contribution in [-0.2, 0) is 9.59 Å². The molecular formula is C17H24N2O2S. The molecular weight excluding hydrogens is 296 g/mol. The van der Waals surface area contributed by atoms with Crippen LogP contribution in [0.1, 0.15) is 42.0 Å². The van der Waals surface area contributed by atoms with Gasteiger partial charge in [0.25, 0.3) is 0 Å². The van der Waals surface area contributed by atoms with Gasteiger partial charge in [0.2, 0.25) is 11.8 Å². The molecule has 2 rings (SSSR count). The predicted molar refractivity (Wildman–Crippen MR) is 90.7 cm³/mol. The van der Waals surface area contributed by atoms with Crippen LogP contribution in [0.2, 0.25) is 0 Å². The van der Waals surface area contributed by atoms with Crippen LogP contribution in [0.15, 0.2) is 18.2 Å². The normalized spacial score (nSPS) is 18.3. The van der Waals surface area contributed by atoms with Gasteiger partial charge in [-0.1, -0.05) is 18.2 Å². The van der Waals surface area contributed by atoms with Crippen LogP contribution in [-0.4, -0.2) is 34.8 Å². The first-order chi connectivity index (χ1) is 10.5. The molecule has 5 heteroatoms. The Hall–Kier alpha value is -1.49. The maximum atomic E-state index is 12.5. The Morgan fingerprint density at radius 2 is 2.05 bits per heavy atom. The Kier molecular flexibility index (Phi) is 5.89. The lowest BCUT2D eigenvalue weighted by atomic mass is 9.90. The average Bonchev–Trinajstić information content (AvgIpc) is 2.49. The smallest absolute Gasteiger partial charge is 0.233 e. The fourth-order valence-electron chi connectivity index (χ4n) is 3.01. The van der Waals surface area contributed by atoms with Gasteiger partial charge in [-0.2, -0.15) is 0 Å². The molecule has 120 valence electrons. The molecule has 0 aromatic heterocycles. The van der Waals surface area contributed by atoms with Crippen LogP contribution in [0.3, 0.4) is 0 Å². The van der Waals surface area contributed by atoms with Crippen LogP contribution >= 0.6 is 11.8 Å². The summed E-state index contributed by atoms with van der Waals surface area (Å²) in [6.07, 6.45) is 3.21. The van der Waals surface area contributed by atoms with Crippen LogP contribution in [0, 0.1) is 13.8 Å². The summed E-state index contributed by atoms with van der Waals surface area (Å²) in [5.41, 5.74) is 8.92. The molecule has 0 bridgehead atoms. The van der Waals surface area contributed by atoms with Gasteiger partial charge >= 0.3 is 0 Å². The van der Waals surface area contributed by atoms with Crippen molar-refractivity contribution in [1.29, 1.82) is 0 Å². The predicted octanol–water partition coefficient (Wildman–Crippen LogP) is 2.58. The Balaban J connectivity index is 2.12. The molecule has 0 unspecified atom stereocenters. The maximum Gasteiger partial charge on any atom is 0.233 e. The zero-order valence-electron chi connectivity index (χ0n) is 13.3. The number of primary amides is 1. The van der Waals surface area contributed by atoms with E-state index in [1.165, 1.54) is 28.5 Å². The monoisotopic (exact) mass is 320 g/mol. The van der Waals surface area contributed by atoms with E-state index in [4.69, 9.17) is 5.73 Å². The summed E-state index contributed by atoms with van der Waals surface area (Å²) in [5.74, 6) is 0.261. The molecule has 1 aromatic carbocycles. The largest absolute Gasteiger partial charge is 0.369 e. The molecule has 1 aromatic rings. The van der Waals surface area contributed by atoms with Crippen molar-refractivity contribution < 1.29 is 9.59 Å². The molecule has 1 atom stereocenters. The molecule has 1 saturated heterocycles. The van der Waals surface area contributed by atoms with Crippen molar-refractivity contribution in [3.8, 4) is 0 Å². The number of nitrogens with two attached hydrogens (primary N) is 1. The molecule has 0 radical (unpaired) electrons. The summed E-state index contributed by atoms with van der Waals surface area (Å²) in [4.78, 5) is 25.3. The van der Waals surface area contributed by atoms with E-state index in [1.54, 1.807) is 0 Å². The molecule has 1 fully saturated rings. The van der Waals surface area contributed by atoms with Gasteiger partial charge in [-0.25, -0.2) is 0 Å². The molecule has 1 aliphatic rings. The summed E-state index contributed by atoms with van der Waals surface area (Å²) in [6, 6.07) is 6.47. The summed E-state index contributed by atoms with van der Waals surface area (Å²) >= 11 is 1.30. The van der Waals surface area contributed by atoms with Crippen molar-refractivity contribution in [2.24, 2.45) is 5.73 Å². The Labute approximate surface area is 136 Å². The molecule has 4 nitrogen and oxygen atoms in total. The number of piperidine rings is 1. The second-order valence-electron chi connectivity index (χ2n) is 5.85. The van der Waals surface area contributed by atoms with E-state index in [9.17, 15) is 9.59 Å². The molecule has 2 N–H and O–H groups in total. The lowest BCUT2D eigenvalue weighted by molar-refractivity contribution is -0.132. The van der Waals surface area contributed by atoms with Gasteiger partial charge in [-0.3, -0.25) is 9.59 Å². The van der Waals surface area contributed by atoms with E-state index < -0.39 is 0 Å². The Morgan fingerprint density at radius 1 is 1.27 bits per heavy atom. The summed E-state index contributed by atoms with van der Waals surface area (Å²) in [6.45, 7) is 5.04. The van der Waals surface area contributed by atoms with Crippen molar-refractivity contribution in [2.45, 2.75) is 39.2 Å². The number of hydrogen-bond donors (Lipinski definition) is 1. The SMILES string of the molecule is Cc1cccc([C@H]2CCCCN2C(=O)CSCC(N)=O)c1C. The highest BCUT2D eigenvalue weighted by Crippen LogP contribution is 2.34. The third kappa shape index (κ3) is 4.03. The number of amides is 2. The number of carbonyl (C=O) groups is 2. The van der Waals surface area contributed by atoms with E-state index >= 15 is 0 Å². The maximum absolute atomic E-state index is 12.5. The van der Waals surface area contributed by atoms with Crippen molar-refractivity contribution in [2.75, 3.05) is 18.1 Å². The van der Waals surface area contributed by atoms with Gasteiger partial charge in [0.1, 0.15) is 0 Å². The minimum Gasteiger partial charge on any atom is -0.369 e. The van der Waals surface area contributed by atoms with Crippen molar-refractivity contribution in [3.63, 3.8) is 0 Å². The van der Waals surface area contributed by atoms with E-state index in [0.717, 1.165) is 25.8 Å². The van der Waals surface area contributed by atoms with Gasteiger partial charge < -0.3 is 10.6 Å². The number of carbonyl (C=O) groups excluding carboxylic acids is 2. The fourth-order valence-corrected chi connectivity index (χ4v) is 3.65. The van der Waals surface area contributed by atoms with Gasteiger partial charge in [0, 0.05) is 6.54 Å². The number of aryl methyl sites for hydroxylation is 1. The van der Waals surface area contributed by atoms with Crippen molar-refractivity contribution in [1.82, 2.24) is 4.90 Å². The van der Waals surface area contributed by atoms with Crippen LogP contribution < -0.4 is 5.73 Å². The molecule has 0 aliphatic carbocycles. The van der Waals surface area contributed by atoms with E-state index in [2.05, 4.69) is 32.0 Å². The number of likely N-dealkylation sites (tertiary alicyclic amines) is 1. The summed E-state index contributed by atoms with van der Waals surface area (Å²) in [7, 11) is 0. The lowest BCUT2D eigenvalue weighted by Gasteiger charge is -2.37. The van der Waals surface area contributed by atoms with Gasteiger partial charge in [-0.05, 0) is 49.8 Å². The average molecular weight is 320 g/mol. The summed E-state index contributed by atoms with van der Waals surface area (Å²) < 4.78 is 0. The first-order valence-electron chi connectivity index (χ1n) is 7.72. The molecule has 0 saturated carbocycles. The zero-order chi connectivity index (χ0) is 16.1. The second-order valence-corrected chi connectivity index (χ2v) is 6.83. The zero-order valence-corrected chi connectivity index (χ0v) is 14.1. The molecule has 2 amide bonds. The minimum atomic E-state index is -0.373. The minimum absolute atomic E-state index is 0.108. The third-order valence-electron chi connectivity index (χ3n) is 4.30. The first kappa shape index (κ1) is 16.9. The lowest BCUT2D eigenvalue weighted by Crippen LogP contribution is -2.40. The number of thioether (sulfide) groups is 1. The van der Waals surface area contributed by atoms with E-state index in [0.29, 0.717) is 5.75 Å². The van der Waals surface area contributed by atoms with Gasteiger partial charge in [0.15, 0.2) is 0 Å². The summed E-state index contributed by atoms with van der Waals surface area (Å²) in [5, 5.41) is 0. The number of benzene rings is 1. The molecule has 0 spiro atoms. The third-order valence-corrected chi connectivity index (χ3v) is 5.24. The van der Waals surface area contributed by atoms with Crippen molar-refractivity contribution in [3.05, 3.63) is 34.9 Å². The number of rotatable bonds is 5. The van der Waals surface area contributed by atoms with Crippen molar-refractivity contribution >= 4 is 23.6 Å². The Bertz CT molecular complexity index is 560. The quantitative estimate of drug-likeness (QED) is 0.907. The number of nitrogens with zero attached hydrogens (tertiary/aromatic N) is 1. The van der Waals surface area contributed by atoms with Crippen LogP contribution in [0.25, 0.3) is 0 Å². The standard InChI is InChI=1S/C17H24N2O2S/c1-12-6-5-7-14(13(12)2)15-8-3-4-9-19(15)17(21)11-22-10-16(18)20/h5-7,15H,3-4,8-11H2,1-2H3,(H2,18,20)/t15-/m1/s1. The highest BCUT2D eigenvalue weighted by molar-refractivity contribution is 8.00. The van der Waals surface area contributed by atoms with Gasteiger partial charge in [0.05, 0.1) is 17.5 Å². The first-order valence-corrected chi connectivity index (χ1v) is 8.88. The molecule has 22 heavy (non-hydrogen) atoms. The van der Waals surface area contributed by atoms with E-state index in [1.807, 2.05) is 4.90 Å². The molecule has 1 aliphatic heterocycles. The highest BCUT2D eigenvalue weighted by atomic mass is 32.2. The molecule has 1 heterocycles. The second kappa shape index (κ2) is 7.68. The van der Waals surface area contributed by atoms with Crippen LogP contribution in [0.5, 0.6) is 0 Å². The fraction of sp³-hybridized carbons (Fsp3) is 0.529. The number of hydrogen-bond acceptors (Lipinski definition) is 3. The Morgan fingerprint density at radius 3 is 2.77 bits per heavy atom. The van der Waals surface area contributed by atoms with E-state index in [-0.39, 0.29) is 23.6 Å². The van der Waals surface area contributed by atoms with Crippen LogP contribution in [0.4, 0.5) is 0 Å². The topological polar surface area (TPSA) is 63.4 Å². The van der Waals surface area contributed by atoms with Gasteiger partial charge in [-0.15, -0.1) is 11.8 Å². The highest BCUT2D eigenvalue weighted by Gasteiger charge is 2.28.